The quantitative estimate of drug-likeness (QED) is 0.598. The lowest BCUT2D eigenvalue weighted by molar-refractivity contribution is -0.112. The van der Waals surface area contributed by atoms with Crippen molar-refractivity contribution in [3.8, 4) is 17.5 Å². The minimum Gasteiger partial charge on any atom is -0.471 e. The van der Waals surface area contributed by atoms with E-state index in [4.69, 9.17) is 18.9 Å². The molecule has 5 rings (SSSR count). The number of rotatable bonds is 5. The normalized spacial score (nSPS) is 25.0. The van der Waals surface area contributed by atoms with Gasteiger partial charge in [-0.25, -0.2) is 18.0 Å². The van der Waals surface area contributed by atoms with E-state index >= 15 is 4.39 Å². The van der Waals surface area contributed by atoms with Crippen molar-refractivity contribution in [3.05, 3.63) is 41.7 Å². The van der Waals surface area contributed by atoms with E-state index in [0.717, 1.165) is 19.2 Å². The van der Waals surface area contributed by atoms with E-state index in [-0.39, 0.29) is 38.1 Å². The lowest BCUT2D eigenvalue weighted by atomic mass is 9.84. The summed E-state index contributed by atoms with van der Waals surface area (Å²) in [7, 11) is 0. The smallest absolute Gasteiger partial charge is 0.410 e. The summed E-state index contributed by atoms with van der Waals surface area (Å²) >= 11 is 0. The van der Waals surface area contributed by atoms with Crippen molar-refractivity contribution in [2.24, 2.45) is 11.8 Å². The molecular formula is C22H21F4N3O5. The van der Waals surface area contributed by atoms with Gasteiger partial charge in [-0.2, -0.15) is 14.4 Å². The number of piperidine rings is 1. The number of hydrogen-bond acceptors (Lipinski definition) is 7. The molecular weight excluding hydrogens is 462 g/mol. The van der Waals surface area contributed by atoms with Gasteiger partial charge in [-0.1, -0.05) is 0 Å². The second-order valence-electron chi connectivity index (χ2n) is 8.96. The third-order valence-corrected chi connectivity index (χ3v) is 6.18. The van der Waals surface area contributed by atoms with Gasteiger partial charge in [0.05, 0.1) is 13.2 Å². The van der Waals surface area contributed by atoms with E-state index < -0.39 is 58.6 Å². The highest BCUT2D eigenvalue weighted by molar-refractivity contribution is 5.68. The van der Waals surface area contributed by atoms with Crippen LogP contribution in [-0.2, 0) is 9.47 Å². The summed E-state index contributed by atoms with van der Waals surface area (Å²) in [6, 6.07) is 0.803. The van der Waals surface area contributed by atoms with E-state index in [1.165, 1.54) is 0 Å². The highest BCUT2D eigenvalue weighted by Gasteiger charge is 2.47. The van der Waals surface area contributed by atoms with Crippen LogP contribution in [0, 0.1) is 35.1 Å². The molecule has 12 heteroatoms. The highest BCUT2D eigenvalue weighted by Crippen LogP contribution is 2.40. The van der Waals surface area contributed by atoms with E-state index in [9.17, 15) is 18.0 Å². The molecule has 2 aliphatic heterocycles. The zero-order chi connectivity index (χ0) is 24.0. The van der Waals surface area contributed by atoms with Gasteiger partial charge in [0.2, 0.25) is 11.6 Å². The number of ether oxygens (including phenoxy) is 4. The van der Waals surface area contributed by atoms with Crippen LogP contribution in [0.3, 0.4) is 0 Å². The number of nitrogens with zero attached hydrogens (tertiary/aromatic N) is 3. The molecule has 2 bridgehead atoms. The first-order chi connectivity index (χ1) is 16.2. The van der Waals surface area contributed by atoms with Gasteiger partial charge in [-0.15, -0.1) is 0 Å². The molecule has 34 heavy (non-hydrogen) atoms. The number of fused-ring (bicyclic) bond motifs is 2. The fourth-order valence-electron chi connectivity index (χ4n) is 4.14. The Morgan fingerprint density at radius 1 is 1.06 bits per heavy atom. The number of likely N-dealkylation sites (tertiary alicyclic amines) is 1. The van der Waals surface area contributed by atoms with Gasteiger partial charge >= 0.3 is 6.09 Å². The summed E-state index contributed by atoms with van der Waals surface area (Å²) in [4.78, 5) is 21.5. The maximum absolute atomic E-state index is 15.0. The standard InChI is InChI=1S/C22H21F4N3O5/c1-22(2-3-22)34-21(30)29-6-11-8-31-9-12(7-29)17(11)32-19-16(26)20(28-10-27-19)33-18-14(24)4-13(23)5-15(18)25/h4-5,10-12,17H,2-3,6-9H2,1H3. The van der Waals surface area contributed by atoms with E-state index in [0.29, 0.717) is 12.1 Å². The van der Waals surface area contributed by atoms with Crippen molar-refractivity contribution in [2.45, 2.75) is 31.5 Å². The molecule has 3 heterocycles. The van der Waals surface area contributed by atoms with Crippen LogP contribution in [0.1, 0.15) is 19.8 Å². The molecule has 8 nitrogen and oxygen atoms in total. The summed E-state index contributed by atoms with van der Waals surface area (Å²) < 4.78 is 77.9. The number of benzene rings is 1. The summed E-state index contributed by atoms with van der Waals surface area (Å²) in [5.41, 5.74) is -0.403. The molecule has 1 aromatic carbocycles. The summed E-state index contributed by atoms with van der Waals surface area (Å²) in [6.07, 6.45) is 1.64. The van der Waals surface area contributed by atoms with Gasteiger partial charge in [-0.3, -0.25) is 0 Å². The van der Waals surface area contributed by atoms with Crippen molar-refractivity contribution in [2.75, 3.05) is 26.3 Å². The Morgan fingerprint density at radius 3 is 2.29 bits per heavy atom. The fraction of sp³-hybridized carbons (Fsp3) is 0.500. The largest absolute Gasteiger partial charge is 0.471 e. The zero-order valence-corrected chi connectivity index (χ0v) is 18.1. The van der Waals surface area contributed by atoms with Gasteiger partial charge in [0.1, 0.15) is 23.8 Å². The van der Waals surface area contributed by atoms with Crippen molar-refractivity contribution in [1.29, 1.82) is 0 Å². The first kappa shape index (κ1) is 22.6. The number of carbonyl (C=O) groups is 1. The zero-order valence-electron chi connectivity index (χ0n) is 18.1. The highest BCUT2D eigenvalue weighted by atomic mass is 19.1. The molecule has 2 aromatic rings. The van der Waals surface area contributed by atoms with Crippen LogP contribution in [0.25, 0.3) is 0 Å². The predicted molar refractivity (Wildman–Crippen MR) is 106 cm³/mol. The van der Waals surface area contributed by atoms with Crippen LogP contribution in [-0.4, -0.2) is 59.0 Å². The average molecular weight is 483 g/mol. The number of amides is 1. The van der Waals surface area contributed by atoms with Crippen molar-refractivity contribution in [3.63, 3.8) is 0 Å². The molecule has 1 aromatic heterocycles. The van der Waals surface area contributed by atoms with Crippen LogP contribution in [0.2, 0.25) is 0 Å². The van der Waals surface area contributed by atoms with Crippen molar-refractivity contribution >= 4 is 6.09 Å². The summed E-state index contributed by atoms with van der Waals surface area (Å²) in [6.45, 7) is 3.02. The van der Waals surface area contributed by atoms with Crippen LogP contribution >= 0.6 is 0 Å². The summed E-state index contributed by atoms with van der Waals surface area (Å²) in [5.74, 6) is -7.86. The molecule has 2 saturated heterocycles. The van der Waals surface area contributed by atoms with Gasteiger partial charge in [0, 0.05) is 37.1 Å². The van der Waals surface area contributed by atoms with Gasteiger partial charge in [0.15, 0.2) is 11.6 Å². The molecule has 0 N–H and O–H groups in total. The predicted octanol–water partition coefficient (Wildman–Crippen LogP) is 3.84. The Kier molecular flexibility index (Phi) is 5.70. The Labute approximate surface area is 191 Å². The average Bonchev–Trinajstić information content (AvgIpc) is 3.49. The van der Waals surface area contributed by atoms with Gasteiger partial charge in [0.25, 0.3) is 11.8 Å². The van der Waals surface area contributed by atoms with Crippen LogP contribution in [0.15, 0.2) is 18.5 Å². The Hall–Kier alpha value is -3.15. The van der Waals surface area contributed by atoms with Crippen LogP contribution in [0.5, 0.6) is 17.5 Å². The third kappa shape index (κ3) is 4.46. The molecule has 0 spiro atoms. The van der Waals surface area contributed by atoms with Crippen molar-refractivity contribution < 1.29 is 41.3 Å². The fourth-order valence-corrected chi connectivity index (χ4v) is 4.14. The van der Waals surface area contributed by atoms with Crippen LogP contribution < -0.4 is 9.47 Å². The third-order valence-electron chi connectivity index (χ3n) is 6.18. The Bertz CT molecular complexity index is 1080. The van der Waals surface area contributed by atoms with Crippen LogP contribution in [0.4, 0.5) is 22.4 Å². The van der Waals surface area contributed by atoms with E-state index in [2.05, 4.69) is 9.97 Å². The molecule has 1 amide bonds. The molecule has 3 aliphatic rings. The maximum Gasteiger partial charge on any atom is 0.410 e. The number of hydrogen-bond donors (Lipinski definition) is 0. The van der Waals surface area contributed by atoms with E-state index in [1.807, 2.05) is 6.92 Å². The second kappa shape index (κ2) is 8.57. The van der Waals surface area contributed by atoms with E-state index in [1.54, 1.807) is 4.90 Å². The lowest BCUT2D eigenvalue weighted by Gasteiger charge is -2.45. The number of aromatic nitrogens is 2. The Morgan fingerprint density at radius 2 is 1.68 bits per heavy atom. The van der Waals surface area contributed by atoms with Crippen molar-refractivity contribution in [1.82, 2.24) is 14.9 Å². The molecule has 1 aliphatic carbocycles. The monoisotopic (exact) mass is 483 g/mol. The lowest BCUT2D eigenvalue weighted by Crippen LogP contribution is -2.59. The molecule has 1 saturated carbocycles. The SMILES string of the molecule is CC1(OC(=O)N2CC3COCC(C2)C3Oc2ncnc(Oc3c(F)cc(F)cc3F)c2F)CC1. The molecule has 2 atom stereocenters. The molecule has 3 fully saturated rings. The maximum atomic E-state index is 15.0. The topological polar surface area (TPSA) is 83.0 Å². The molecule has 182 valence electrons. The Balaban J connectivity index is 1.31. The number of halogens is 4. The first-order valence-corrected chi connectivity index (χ1v) is 10.8. The number of carbonyl (C=O) groups excluding carboxylic acids is 1. The minimum absolute atomic E-state index is 0.280. The summed E-state index contributed by atoms with van der Waals surface area (Å²) in [5, 5.41) is 0. The molecule has 2 unspecified atom stereocenters. The first-order valence-electron chi connectivity index (χ1n) is 10.8. The van der Waals surface area contributed by atoms with Gasteiger partial charge in [-0.05, 0) is 19.8 Å². The minimum atomic E-state index is -1.36. The van der Waals surface area contributed by atoms with Gasteiger partial charge < -0.3 is 23.8 Å². The molecule has 0 radical (unpaired) electrons. The second-order valence-corrected chi connectivity index (χ2v) is 8.96.